The fourth-order valence-corrected chi connectivity index (χ4v) is 3.53. The number of benzene rings is 1. The number of carboxylic acids is 1. The van der Waals surface area contributed by atoms with Crippen molar-refractivity contribution in [3.05, 3.63) is 29.8 Å². The monoisotopic (exact) mass is 336 g/mol. The maximum absolute atomic E-state index is 11.3. The van der Waals surface area contributed by atoms with E-state index in [-0.39, 0.29) is 5.56 Å². The van der Waals surface area contributed by atoms with Crippen LogP contribution in [0.5, 0.6) is 0 Å². The summed E-state index contributed by atoms with van der Waals surface area (Å²) in [4.78, 5) is 23.0. The van der Waals surface area contributed by atoms with Crippen LogP contribution in [0.4, 0.5) is 0 Å². The van der Waals surface area contributed by atoms with Crippen LogP contribution in [0.3, 0.4) is 0 Å². The third-order valence-corrected chi connectivity index (χ3v) is 5.04. The normalized spacial score (nSPS) is 16.5. The molecule has 2 rings (SSSR count). The molecular formula is C18H24O4S. The van der Waals surface area contributed by atoms with E-state index < -0.39 is 11.8 Å². The number of carboxylic acid groups (broad SMARTS) is 1. The highest BCUT2D eigenvalue weighted by molar-refractivity contribution is 7.99. The molecule has 0 aromatic heterocycles. The molecule has 0 saturated heterocycles. The summed E-state index contributed by atoms with van der Waals surface area (Å²) in [5.74, 6) is -1.42. The fraction of sp³-hybridized carbons (Fsp3) is 0.556. The minimum Gasteiger partial charge on any atom is -0.475 e. The summed E-state index contributed by atoms with van der Waals surface area (Å²) in [6.07, 6.45) is 9.34. The van der Waals surface area contributed by atoms with E-state index in [2.05, 4.69) is 0 Å². The van der Waals surface area contributed by atoms with E-state index in [1.807, 2.05) is 0 Å². The van der Waals surface area contributed by atoms with Gasteiger partial charge < -0.3 is 9.84 Å². The molecular weight excluding hydrogens is 312 g/mol. The van der Waals surface area contributed by atoms with Crippen LogP contribution in [0, 0.1) is 0 Å². The second-order valence-electron chi connectivity index (χ2n) is 5.85. The molecule has 1 aliphatic carbocycles. The van der Waals surface area contributed by atoms with Crippen LogP contribution in [0.1, 0.15) is 55.3 Å². The Hall–Kier alpha value is -1.33. The van der Waals surface area contributed by atoms with Crippen molar-refractivity contribution < 1.29 is 19.4 Å². The molecule has 0 atom stereocenters. The molecule has 5 heteroatoms. The van der Waals surface area contributed by atoms with E-state index in [0.29, 0.717) is 6.10 Å². The number of ketones is 1. The van der Waals surface area contributed by atoms with Crippen LogP contribution in [-0.2, 0) is 9.53 Å². The van der Waals surface area contributed by atoms with E-state index in [0.717, 1.165) is 17.3 Å². The van der Waals surface area contributed by atoms with E-state index in [1.54, 1.807) is 36.0 Å². The molecule has 1 saturated carbocycles. The summed E-state index contributed by atoms with van der Waals surface area (Å²) >= 11 is 1.66. The molecule has 0 unspecified atom stereocenters. The van der Waals surface area contributed by atoms with Gasteiger partial charge in [0.25, 0.3) is 5.78 Å². The van der Waals surface area contributed by atoms with Crippen molar-refractivity contribution in [1.29, 1.82) is 0 Å². The molecule has 0 amide bonds. The number of ether oxygens (including phenoxy) is 1. The van der Waals surface area contributed by atoms with Gasteiger partial charge in [-0.2, -0.15) is 0 Å². The quantitative estimate of drug-likeness (QED) is 0.350. The smallest absolute Gasteiger partial charge is 0.377 e. The molecule has 1 N–H and O–H groups in total. The number of carbonyl (C=O) groups is 2. The molecule has 23 heavy (non-hydrogen) atoms. The molecule has 0 radical (unpaired) electrons. The van der Waals surface area contributed by atoms with Crippen LogP contribution < -0.4 is 0 Å². The zero-order valence-corrected chi connectivity index (χ0v) is 14.1. The third kappa shape index (κ3) is 6.36. The summed E-state index contributed by atoms with van der Waals surface area (Å²) in [7, 11) is 0. The minimum atomic E-state index is -1.42. The second kappa shape index (κ2) is 9.73. The molecule has 1 aromatic carbocycles. The fourth-order valence-electron chi connectivity index (χ4n) is 2.79. The minimum absolute atomic E-state index is 0.215. The van der Waals surface area contributed by atoms with Crippen molar-refractivity contribution in [3.63, 3.8) is 0 Å². The summed E-state index contributed by atoms with van der Waals surface area (Å²) in [6, 6.07) is 6.70. The first kappa shape index (κ1) is 18.0. The van der Waals surface area contributed by atoms with Crippen LogP contribution in [0.15, 0.2) is 29.2 Å². The first-order chi connectivity index (χ1) is 11.2. The van der Waals surface area contributed by atoms with E-state index in [9.17, 15) is 9.59 Å². The third-order valence-electron chi connectivity index (χ3n) is 4.07. The van der Waals surface area contributed by atoms with E-state index >= 15 is 0 Å². The number of hydrogen-bond donors (Lipinski definition) is 1. The molecule has 126 valence electrons. The predicted molar refractivity (Wildman–Crippen MR) is 91.2 cm³/mol. The van der Waals surface area contributed by atoms with Gasteiger partial charge in [-0.1, -0.05) is 32.1 Å². The van der Waals surface area contributed by atoms with Gasteiger partial charge in [0, 0.05) is 16.2 Å². The van der Waals surface area contributed by atoms with Gasteiger partial charge in [-0.3, -0.25) is 4.79 Å². The van der Waals surface area contributed by atoms with Crippen LogP contribution in [0.25, 0.3) is 0 Å². The van der Waals surface area contributed by atoms with Crippen molar-refractivity contribution >= 4 is 23.5 Å². The number of carbonyl (C=O) groups excluding carboxylic acids is 1. The van der Waals surface area contributed by atoms with Gasteiger partial charge in [-0.15, -0.1) is 11.8 Å². The SMILES string of the molecule is O=C(O)C(=O)c1ccc(SCCOC2CCCCCCC2)cc1. The zero-order valence-electron chi connectivity index (χ0n) is 13.3. The maximum atomic E-state index is 11.3. The van der Waals surface area contributed by atoms with Crippen molar-refractivity contribution in [2.45, 2.75) is 55.9 Å². The number of hydrogen-bond acceptors (Lipinski definition) is 4. The first-order valence-electron chi connectivity index (χ1n) is 8.29. The van der Waals surface area contributed by atoms with Gasteiger partial charge >= 0.3 is 5.97 Å². The Bertz CT molecular complexity index is 504. The van der Waals surface area contributed by atoms with Gasteiger partial charge in [-0.05, 0) is 37.1 Å². The lowest BCUT2D eigenvalue weighted by molar-refractivity contribution is -0.131. The van der Waals surface area contributed by atoms with Crippen LogP contribution in [-0.4, -0.2) is 35.3 Å². The number of thioether (sulfide) groups is 1. The molecule has 1 fully saturated rings. The Kier molecular flexibility index (Phi) is 7.62. The Labute approximate surface area is 141 Å². The summed E-state index contributed by atoms with van der Waals surface area (Å²) in [5, 5.41) is 8.67. The lowest BCUT2D eigenvalue weighted by Gasteiger charge is -2.20. The highest BCUT2D eigenvalue weighted by Gasteiger charge is 2.14. The van der Waals surface area contributed by atoms with Crippen LogP contribution in [0.2, 0.25) is 0 Å². The second-order valence-corrected chi connectivity index (χ2v) is 7.01. The summed E-state index contributed by atoms with van der Waals surface area (Å²) < 4.78 is 5.98. The topological polar surface area (TPSA) is 63.6 Å². The van der Waals surface area contributed by atoms with Crippen molar-refractivity contribution in [2.24, 2.45) is 0 Å². The first-order valence-corrected chi connectivity index (χ1v) is 9.27. The lowest BCUT2D eigenvalue weighted by Crippen LogP contribution is -2.16. The summed E-state index contributed by atoms with van der Waals surface area (Å²) in [6.45, 7) is 0.727. The Morgan fingerprint density at radius 2 is 1.65 bits per heavy atom. The number of aliphatic carboxylic acids is 1. The van der Waals surface area contributed by atoms with Gasteiger partial charge in [0.15, 0.2) is 0 Å². The number of rotatable bonds is 7. The van der Waals surface area contributed by atoms with Gasteiger partial charge in [0.05, 0.1) is 12.7 Å². The molecule has 4 nitrogen and oxygen atoms in total. The highest BCUT2D eigenvalue weighted by atomic mass is 32.2. The molecule has 1 aromatic rings. The van der Waals surface area contributed by atoms with E-state index in [4.69, 9.17) is 9.84 Å². The van der Waals surface area contributed by atoms with Gasteiger partial charge in [-0.25, -0.2) is 4.79 Å². The largest absolute Gasteiger partial charge is 0.475 e. The van der Waals surface area contributed by atoms with Crippen molar-refractivity contribution in [1.82, 2.24) is 0 Å². The van der Waals surface area contributed by atoms with Crippen molar-refractivity contribution in [2.75, 3.05) is 12.4 Å². The molecule has 0 heterocycles. The zero-order chi connectivity index (χ0) is 16.5. The number of Topliss-reactive ketones (excluding diaryl/α,β-unsaturated/α-hetero) is 1. The Morgan fingerprint density at radius 3 is 2.26 bits per heavy atom. The molecule has 0 bridgehead atoms. The van der Waals surface area contributed by atoms with E-state index in [1.165, 1.54) is 44.9 Å². The van der Waals surface area contributed by atoms with Crippen molar-refractivity contribution in [3.8, 4) is 0 Å². The molecule has 0 spiro atoms. The predicted octanol–water partition coefficient (Wildman–Crippen LogP) is 4.18. The van der Waals surface area contributed by atoms with Gasteiger partial charge in [0.1, 0.15) is 0 Å². The average Bonchev–Trinajstić information content (AvgIpc) is 2.53. The standard InChI is InChI=1S/C18H24O4S/c19-17(18(20)21)14-8-10-16(11-9-14)23-13-12-22-15-6-4-2-1-3-5-7-15/h8-11,15H,1-7,12-13H2,(H,20,21). The van der Waals surface area contributed by atoms with Gasteiger partial charge in [0.2, 0.25) is 0 Å². The Morgan fingerprint density at radius 1 is 1.04 bits per heavy atom. The van der Waals surface area contributed by atoms with Crippen LogP contribution >= 0.6 is 11.8 Å². The Balaban J connectivity index is 1.69. The molecule has 1 aliphatic rings. The average molecular weight is 336 g/mol. The maximum Gasteiger partial charge on any atom is 0.377 e. The lowest BCUT2D eigenvalue weighted by atomic mass is 9.99. The molecule has 0 aliphatic heterocycles. The highest BCUT2D eigenvalue weighted by Crippen LogP contribution is 2.21. The summed E-state index contributed by atoms with van der Waals surface area (Å²) in [5.41, 5.74) is 0.215.